The summed E-state index contributed by atoms with van der Waals surface area (Å²) in [5.41, 5.74) is 0.675. The number of benzene rings is 2. The molecule has 2 N–H and O–H groups in total. The smallest absolute Gasteiger partial charge is 0.416 e. The van der Waals surface area contributed by atoms with E-state index in [2.05, 4.69) is 0 Å². The van der Waals surface area contributed by atoms with Crippen molar-refractivity contribution in [3.05, 3.63) is 54.1 Å². The van der Waals surface area contributed by atoms with Gasteiger partial charge in [0.05, 0.1) is 7.11 Å². The Bertz CT molecular complexity index is 742. The molecule has 0 saturated heterocycles. The van der Waals surface area contributed by atoms with E-state index in [1.165, 1.54) is 19.2 Å². The van der Waals surface area contributed by atoms with Crippen LogP contribution in [0.5, 0.6) is 17.2 Å². The predicted octanol–water partition coefficient (Wildman–Crippen LogP) is 3.27. The van der Waals surface area contributed by atoms with E-state index in [1.807, 2.05) is 0 Å². The summed E-state index contributed by atoms with van der Waals surface area (Å²) in [7, 11) is 1.53. The molecule has 2 rings (SSSR count). The first-order valence-electron chi connectivity index (χ1n) is 8.07. The average Bonchev–Trinajstić information content (AvgIpc) is 2.63. The van der Waals surface area contributed by atoms with E-state index in [1.54, 1.807) is 43.3 Å². The Morgan fingerprint density at radius 1 is 1.04 bits per heavy atom. The van der Waals surface area contributed by atoms with Gasteiger partial charge in [0, 0.05) is 6.54 Å². The lowest BCUT2D eigenvalue weighted by Crippen LogP contribution is -2.45. The van der Waals surface area contributed by atoms with E-state index in [4.69, 9.17) is 9.47 Å². The van der Waals surface area contributed by atoms with Crippen LogP contribution >= 0.6 is 0 Å². The van der Waals surface area contributed by atoms with Crippen molar-refractivity contribution >= 4 is 12.1 Å². The minimum Gasteiger partial charge on any atom is -0.508 e. The molecule has 7 nitrogen and oxygen atoms in total. The number of aromatic hydroxyl groups is 1. The number of carbonyl (C=O) groups excluding carboxylic acids is 1. The van der Waals surface area contributed by atoms with Crippen molar-refractivity contribution < 1.29 is 29.3 Å². The van der Waals surface area contributed by atoms with Gasteiger partial charge in [-0.2, -0.15) is 0 Å². The zero-order valence-electron chi connectivity index (χ0n) is 14.6. The van der Waals surface area contributed by atoms with Gasteiger partial charge < -0.3 is 19.7 Å². The molecule has 0 bridgehead atoms. The SMILES string of the molecule is CCC(C(=O)O)N(Cc1ccc(O)cc1)C(=O)Oc1ccc(OC)cc1. The number of amides is 1. The Kier molecular flexibility index (Phi) is 6.43. The summed E-state index contributed by atoms with van der Waals surface area (Å²) in [5, 5.41) is 18.8. The van der Waals surface area contributed by atoms with Crippen LogP contribution in [0.15, 0.2) is 48.5 Å². The van der Waals surface area contributed by atoms with E-state index < -0.39 is 18.1 Å². The van der Waals surface area contributed by atoms with Crippen LogP contribution in [0, 0.1) is 0 Å². The third-order valence-corrected chi connectivity index (χ3v) is 3.84. The molecular formula is C19H21NO6. The zero-order valence-corrected chi connectivity index (χ0v) is 14.6. The summed E-state index contributed by atoms with van der Waals surface area (Å²) >= 11 is 0. The van der Waals surface area contributed by atoms with Crippen LogP contribution in [0.2, 0.25) is 0 Å². The largest absolute Gasteiger partial charge is 0.508 e. The minimum atomic E-state index is -1.11. The van der Waals surface area contributed by atoms with Crippen molar-refractivity contribution in [3.8, 4) is 17.2 Å². The summed E-state index contributed by atoms with van der Waals surface area (Å²) in [6, 6.07) is 11.6. The maximum absolute atomic E-state index is 12.6. The Morgan fingerprint density at radius 2 is 1.62 bits per heavy atom. The summed E-state index contributed by atoms with van der Waals surface area (Å²) in [4.78, 5) is 25.3. The molecule has 0 aromatic heterocycles. The van der Waals surface area contributed by atoms with Crippen LogP contribution in [0.25, 0.3) is 0 Å². The molecule has 1 unspecified atom stereocenters. The fourth-order valence-corrected chi connectivity index (χ4v) is 2.43. The normalized spacial score (nSPS) is 11.5. The molecule has 0 heterocycles. The van der Waals surface area contributed by atoms with Gasteiger partial charge in [-0.25, -0.2) is 9.59 Å². The number of aliphatic carboxylic acids is 1. The molecule has 0 aliphatic heterocycles. The second kappa shape index (κ2) is 8.75. The Labute approximate surface area is 151 Å². The topological polar surface area (TPSA) is 96.3 Å². The number of hydrogen-bond donors (Lipinski definition) is 2. The zero-order chi connectivity index (χ0) is 19.1. The summed E-state index contributed by atoms with van der Waals surface area (Å²) < 4.78 is 10.4. The van der Waals surface area contributed by atoms with Gasteiger partial charge in [-0.3, -0.25) is 4.90 Å². The van der Waals surface area contributed by atoms with Gasteiger partial charge in [0.1, 0.15) is 23.3 Å². The van der Waals surface area contributed by atoms with E-state index in [0.717, 1.165) is 4.90 Å². The van der Waals surface area contributed by atoms with Gasteiger partial charge in [-0.15, -0.1) is 0 Å². The maximum Gasteiger partial charge on any atom is 0.416 e. The Morgan fingerprint density at radius 3 is 2.12 bits per heavy atom. The standard InChI is InChI=1S/C19H21NO6/c1-3-17(18(22)23)20(12-13-4-6-14(21)7-5-13)19(24)26-16-10-8-15(25-2)9-11-16/h4-11,17,21H,3,12H2,1-2H3,(H,22,23). The highest BCUT2D eigenvalue weighted by atomic mass is 16.6. The molecular weight excluding hydrogens is 338 g/mol. The third-order valence-electron chi connectivity index (χ3n) is 3.84. The van der Waals surface area contributed by atoms with Crippen LogP contribution in [0.1, 0.15) is 18.9 Å². The van der Waals surface area contributed by atoms with Crippen molar-refractivity contribution in [2.24, 2.45) is 0 Å². The van der Waals surface area contributed by atoms with Crippen molar-refractivity contribution in [3.63, 3.8) is 0 Å². The maximum atomic E-state index is 12.6. The lowest BCUT2D eigenvalue weighted by atomic mass is 10.1. The number of carboxylic acids is 1. The molecule has 0 fully saturated rings. The molecule has 0 aliphatic rings. The first-order valence-corrected chi connectivity index (χ1v) is 8.07. The number of nitrogens with zero attached hydrogens (tertiary/aromatic N) is 1. The number of phenols is 1. The van der Waals surface area contributed by atoms with Crippen molar-refractivity contribution in [2.45, 2.75) is 25.9 Å². The van der Waals surface area contributed by atoms with Crippen LogP contribution in [-0.2, 0) is 11.3 Å². The number of phenolic OH excluding ortho intramolecular Hbond substituents is 1. The fraction of sp³-hybridized carbons (Fsp3) is 0.263. The van der Waals surface area contributed by atoms with Crippen LogP contribution in [0.3, 0.4) is 0 Å². The number of carbonyl (C=O) groups is 2. The first-order chi connectivity index (χ1) is 12.4. The minimum absolute atomic E-state index is 0.0417. The predicted molar refractivity (Wildman–Crippen MR) is 94.4 cm³/mol. The lowest BCUT2D eigenvalue weighted by Gasteiger charge is -2.27. The summed E-state index contributed by atoms with van der Waals surface area (Å²) in [5.74, 6) is -0.126. The van der Waals surface area contributed by atoms with E-state index in [0.29, 0.717) is 11.3 Å². The quantitative estimate of drug-likeness (QED) is 0.788. The van der Waals surface area contributed by atoms with Gasteiger partial charge in [-0.1, -0.05) is 19.1 Å². The second-order valence-electron chi connectivity index (χ2n) is 5.60. The molecule has 1 amide bonds. The Balaban J connectivity index is 2.21. The van der Waals surface area contributed by atoms with Crippen molar-refractivity contribution in [1.82, 2.24) is 4.90 Å². The van der Waals surface area contributed by atoms with Crippen LogP contribution < -0.4 is 9.47 Å². The van der Waals surface area contributed by atoms with Gasteiger partial charge in [0.25, 0.3) is 0 Å². The highest BCUT2D eigenvalue weighted by molar-refractivity contribution is 5.81. The molecule has 0 radical (unpaired) electrons. The van der Waals surface area contributed by atoms with E-state index in [9.17, 15) is 19.8 Å². The van der Waals surface area contributed by atoms with Gasteiger partial charge in [-0.05, 0) is 48.4 Å². The van der Waals surface area contributed by atoms with Gasteiger partial charge in [0.2, 0.25) is 0 Å². The molecule has 0 spiro atoms. The highest BCUT2D eigenvalue weighted by Gasteiger charge is 2.30. The molecule has 2 aromatic carbocycles. The number of rotatable bonds is 7. The number of carboxylic acid groups (broad SMARTS) is 1. The summed E-state index contributed by atoms with van der Waals surface area (Å²) in [6.45, 7) is 1.73. The molecule has 2 aromatic rings. The third kappa shape index (κ3) is 4.89. The number of hydrogen-bond acceptors (Lipinski definition) is 5. The van der Waals surface area contributed by atoms with Crippen molar-refractivity contribution in [2.75, 3.05) is 7.11 Å². The second-order valence-corrected chi connectivity index (χ2v) is 5.60. The van der Waals surface area contributed by atoms with Gasteiger partial charge in [0.15, 0.2) is 0 Å². The first kappa shape index (κ1) is 19.1. The van der Waals surface area contributed by atoms with E-state index >= 15 is 0 Å². The van der Waals surface area contributed by atoms with Crippen molar-refractivity contribution in [1.29, 1.82) is 0 Å². The number of ether oxygens (including phenoxy) is 2. The molecule has 26 heavy (non-hydrogen) atoms. The van der Waals surface area contributed by atoms with Crippen LogP contribution in [-0.4, -0.2) is 40.3 Å². The number of methoxy groups -OCH3 is 1. The molecule has 0 aliphatic carbocycles. The lowest BCUT2D eigenvalue weighted by molar-refractivity contribution is -0.142. The van der Waals surface area contributed by atoms with Gasteiger partial charge >= 0.3 is 12.1 Å². The molecule has 138 valence electrons. The monoisotopic (exact) mass is 359 g/mol. The fourth-order valence-electron chi connectivity index (χ4n) is 2.43. The average molecular weight is 359 g/mol. The molecule has 1 atom stereocenters. The van der Waals surface area contributed by atoms with E-state index in [-0.39, 0.29) is 24.5 Å². The molecule has 7 heteroatoms. The summed E-state index contributed by atoms with van der Waals surface area (Å²) in [6.07, 6.45) is -0.539. The van der Waals surface area contributed by atoms with Crippen LogP contribution in [0.4, 0.5) is 4.79 Å². The highest BCUT2D eigenvalue weighted by Crippen LogP contribution is 2.20. The molecule has 0 saturated carbocycles. The Hall–Kier alpha value is -3.22.